The molecule has 0 aliphatic heterocycles. The summed E-state index contributed by atoms with van der Waals surface area (Å²) in [7, 11) is 0. The summed E-state index contributed by atoms with van der Waals surface area (Å²) in [6.07, 6.45) is 5.29. The Morgan fingerprint density at radius 2 is 2.20 bits per heavy atom. The maximum atomic E-state index is 11.9. The third-order valence-corrected chi connectivity index (χ3v) is 4.43. The van der Waals surface area contributed by atoms with Crippen LogP contribution in [0.1, 0.15) is 60.4 Å². The lowest BCUT2D eigenvalue weighted by Gasteiger charge is -2.13. The van der Waals surface area contributed by atoms with Crippen LogP contribution in [-0.2, 0) is 4.79 Å². The molecule has 1 aliphatic rings. The van der Waals surface area contributed by atoms with E-state index in [-0.39, 0.29) is 11.9 Å². The quantitative estimate of drug-likeness (QED) is 0.573. The van der Waals surface area contributed by atoms with Gasteiger partial charge in [0.05, 0.1) is 11.7 Å². The summed E-state index contributed by atoms with van der Waals surface area (Å²) in [4.78, 5) is 23.5. The Labute approximate surface area is 121 Å². The van der Waals surface area contributed by atoms with Crippen LogP contribution in [0.2, 0.25) is 0 Å². The zero-order valence-corrected chi connectivity index (χ0v) is 12.2. The molecule has 1 aromatic rings. The third-order valence-electron chi connectivity index (χ3n) is 3.62. The lowest BCUT2D eigenvalue weighted by molar-refractivity contribution is -0.122. The summed E-state index contributed by atoms with van der Waals surface area (Å²) >= 11 is 0.997. The highest BCUT2D eigenvalue weighted by molar-refractivity contribution is 7.08. The Kier molecular flexibility index (Phi) is 5.08. The van der Waals surface area contributed by atoms with Crippen LogP contribution < -0.4 is 10.8 Å². The fourth-order valence-corrected chi connectivity index (χ4v) is 3.22. The number of hydrogen-bond acceptors (Lipinski definition) is 5. The van der Waals surface area contributed by atoms with Crippen molar-refractivity contribution in [3.63, 3.8) is 0 Å². The molecule has 1 atom stereocenters. The van der Waals surface area contributed by atoms with Crippen molar-refractivity contribution in [2.75, 3.05) is 0 Å². The van der Waals surface area contributed by atoms with E-state index in [1.165, 1.54) is 12.8 Å². The summed E-state index contributed by atoms with van der Waals surface area (Å²) in [5.41, 5.74) is 2.20. The van der Waals surface area contributed by atoms with Gasteiger partial charge in [-0.3, -0.25) is 14.8 Å². The first-order chi connectivity index (χ1) is 9.60. The second-order valence-electron chi connectivity index (χ2n) is 5.20. The number of hydroxylamine groups is 1. The van der Waals surface area contributed by atoms with E-state index in [0.717, 1.165) is 24.4 Å². The Balaban J connectivity index is 1.87. The molecule has 2 amide bonds. The van der Waals surface area contributed by atoms with Crippen LogP contribution in [0, 0.1) is 5.92 Å². The van der Waals surface area contributed by atoms with Gasteiger partial charge in [0.2, 0.25) is 5.91 Å². The first-order valence-electron chi connectivity index (χ1n) is 6.80. The smallest absolute Gasteiger partial charge is 0.286 e. The minimum Gasteiger partial charge on any atom is -0.348 e. The molecule has 1 fully saturated rings. The summed E-state index contributed by atoms with van der Waals surface area (Å²) in [6.45, 7) is 1.84. The van der Waals surface area contributed by atoms with Gasteiger partial charge < -0.3 is 5.32 Å². The Morgan fingerprint density at radius 1 is 1.50 bits per heavy atom. The average molecular weight is 297 g/mol. The van der Waals surface area contributed by atoms with Gasteiger partial charge in [0.15, 0.2) is 0 Å². The van der Waals surface area contributed by atoms with Crippen LogP contribution in [-0.4, -0.2) is 21.4 Å². The van der Waals surface area contributed by atoms with Gasteiger partial charge in [0.1, 0.15) is 4.88 Å². The summed E-state index contributed by atoms with van der Waals surface area (Å²) in [5, 5.41) is 11.5. The van der Waals surface area contributed by atoms with Crippen molar-refractivity contribution in [3.8, 4) is 0 Å². The lowest BCUT2D eigenvalue weighted by Crippen LogP contribution is -2.28. The van der Waals surface area contributed by atoms with E-state index in [1.807, 2.05) is 6.92 Å². The Morgan fingerprint density at radius 3 is 2.85 bits per heavy atom. The van der Waals surface area contributed by atoms with E-state index in [9.17, 15) is 9.59 Å². The standard InChI is InChI=1S/C13H19N3O3S/c1-8(10-7-11(20-16-10)13(18)15-19)14-12(17)6-9-4-2-3-5-9/h7-9,19H,2-6H2,1H3,(H,14,17)(H,15,18). The second kappa shape index (κ2) is 6.81. The maximum absolute atomic E-state index is 11.9. The monoisotopic (exact) mass is 297 g/mol. The van der Waals surface area contributed by atoms with Gasteiger partial charge in [0.25, 0.3) is 5.91 Å². The number of nitrogens with one attached hydrogen (secondary N) is 2. The van der Waals surface area contributed by atoms with Crippen molar-refractivity contribution in [2.45, 2.75) is 45.1 Å². The van der Waals surface area contributed by atoms with Gasteiger partial charge in [0, 0.05) is 6.42 Å². The zero-order chi connectivity index (χ0) is 14.5. The lowest BCUT2D eigenvalue weighted by atomic mass is 10.0. The molecular formula is C13H19N3O3S. The molecule has 0 spiro atoms. The number of carbonyl (C=O) groups excluding carboxylic acids is 2. The number of hydrogen-bond donors (Lipinski definition) is 3. The molecule has 1 saturated carbocycles. The predicted octanol–water partition coefficient (Wildman–Crippen LogP) is 2.02. The van der Waals surface area contributed by atoms with Gasteiger partial charge in [-0.1, -0.05) is 12.8 Å². The summed E-state index contributed by atoms with van der Waals surface area (Å²) in [6, 6.07) is 1.34. The number of amides is 2. The highest BCUT2D eigenvalue weighted by atomic mass is 32.1. The Bertz CT molecular complexity index is 483. The molecule has 0 radical (unpaired) electrons. The SMILES string of the molecule is CC(NC(=O)CC1CCCC1)c1cc(C(=O)NO)sn1. The molecule has 110 valence electrons. The minimum atomic E-state index is -0.585. The molecule has 2 rings (SSSR count). The van der Waals surface area contributed by atoms with Crippen LogP contribution in [0.3, 0.4) is 0 Å². The van der Waals surface area contributed by atoms with E-state index in [2.05, 4.69) is 9.69 Å². The molecule has 1 heterocycles. The average Bonchev–Trinajstić information content (AvgIpc) is 3.08. The van der Waals surface area contributed by atoms with Crippen LogP contribution in [0.15, 0.2) is 6.07 Å². The molecule has 7 heteroatoms. The maximum Gasteiger partial charge on any atom is 0.286 e. The van der Waals surface area contributed by atoms with Crippen molar-refractivity contribution in [3.05, 3.63) is 16.6 Å². The van der Waals surface area contributed by atoms with E-state index < -0.39 is 5.91 Å². The molecular weight excluding hydrogens is 278 g/mol. The molecule has 0 bridgehead atoms. The third kappa shape index (κ3) is 3.77. The van der Waals surface area contributed by atoms with Gasteiger partial charge >= 0.3 is 0 Å². The number of carbonyl (C=O) groups is 2. The topological polar surface area (TPSA) is 91.3 Å². The Hall–Kier alpha value is -1.47. The molecule has 0 saturated heterocycles. The van der Waals surface area contributed by atoms with E-state index in [0.29, 0.717) is 22.9 Å². The van der Waals surface area contributed by atoms with E-state index >= 15 is 0 Å². The molecule has 1 unspecified atom stereocenters. The van der Waals surface area contributed by atoms with Crippen LogP contribution >= 0.6 is 11.5 Å². The molecule has 3 N–H and O–H groups in total. The summed E-state index contributed by atoms with van der Waals surface area (Å²) in [5.74, 6) is -0.0443. The number of nitrogens with zero attached hydrogens (tertiary/aromatic N) is 1. The van der Waals surface area contributed by atoms with Crippen LogP contribution in [0.4, 0.5) is 0 Å². The van der Waals surface area contributed by atoms with Gasteiger partial charge in [-0.15, -0.1) is 0 Å². The normalized spacial score (nSPS) is 16.9. The molecule has 20 heavy (non-hydrogen) atoms. The summed E-state index contributed by atoms with van der Waals surface area (Å²) < 4.78 is 4.13. The van der Waals surface area contributed by atoms with E-state index in [1.54, 1.807) is 11.5 Å². The van der Waals surface area contributed by atoms with Crippen molar-refractivity contribution in [2.24, 2.45) is 5.92 Å². The fourth-order valence-electron chi connectivity index (χ4n) is 2.51. The molecule has 1 aliphatic carbocycles. The number of rotatable bonds is 5. The minimum absolute atomic E-state index is 0.0329. The van der Waals surface area contributed by atoms with Crippen LogP contribution in [0.25, 0.3) is 0 Å². The van der Waals surface area contributed by atoms with Gasteiger partial charge in [-0.25, -0.2) is 5.48 Å². The van der Waals surface area contributed by atoms with Gasteiger partial charge in [-0.2, -0.15) is 4.37 Å². The van der Waals surface area contributed by atoms with Crippen molar-refractivity contribution in [1.29, 1.82) is 0 Å². The van der Waals surface area contributed by atoms with Crippen molar-refractivity contribution < 1.29 is 14.8 Å². The largest absolute Gasteiger partial charge is 0.348 e. The highest BCUT2D eigenvalue weighted by Gasteiger charge is 2.21. The van der Waals surface area contributed by atoms with Gasteiger partial charge in [-0.05, 0) is 43.3 Å². The second-order valence-corrected chi connectivity index (χ2v) is 6.01. The predicted molar refractivity (Wildman–Crippen MR) is 74.5 cm³/mol. The molecule has 1 aromatic heterocycles. The molecule has 0 aromatic carbocycles. The zero-order valence-electron chi connectivity index (χ0n) is 11.4. The first kappa shape index (κ1) is 14.9. The first-order valence-corrected chi connectivity index (χ1v) is 7.58. The number of aromatic nitrogens is 1. The van der Waals surface area contributed by atoms with Crippen molar-refractivity contribution >= 4 is 23.3 Å². The highest BCUT2D eigenvalue weighted by Crippen LogP contribution is 2.27. The van der Waals surface area contributed by atoms with Crippen LogP contribution in [0.5, 0.6) is 0 Å². The van der Waals surface area contributed by atoms with E-state index in [4.69, 9.17) is 5.21 Å². The molecule has 6 nitrogen and oxygen atoms in total. The fraction of sp³-hybridized carbons (Fsp3) is 0.615. The van der Waals surface area contributed by atoms with Crippen molar-refractivity contribution in [1.82, 2.24) is 15.2 Å².